The van der Waals surface area contributed by atoms with Crippen LogP contribution < -0.4 is 5.32 Å². The zero-order chi connectivity index (χ0) is 22.5. The summed E-state index contributed by atoms with van der Waals surface area (Å²) < 4.78 is 7.31. The third-order valence-electron chi connectivity index (χ3n) is 5.12. The fourth-order valence-corrected chi connectivity index (χ4v) is 3.99. The zero-order valence-corrected chi connectivity index (χ0v) is 18.5. The van der Waals surface area contributed by atoms with E-state index in [0.717, 1.165) is 22.0 Å². The Morgan fingerprint density at radius 1 is 1.12 bits per heavy atom. The first-order valence-electron chi connectivity index (χ1n) is 9.96. The standard InChI is InChI=1S/C25H19Cl2N3O2/c26-20-10-9-19(23(27)12-20)16-30-15-18(22-5-1-2-6-24(22)30)8-7-17(13-28)25(31)29-14-21-4-3-11-32-21/h1-7,9-12,15H,8,14,16H2,(H,29,31)/b17-7+. The Hall–Kier alpha value is -3.46. The Kier molecular flexibility index (Phi) is 6.65. The molecule has 5 nitrogen and oxygen atoms in total. The van der Waals surface area contributed by atoms with Gasteiger partial charge in [0.15, 0.2) is 0 Å². The van der Waals surface area contributed by atoms with Crippen molar-refractivity contribution in [2.45, 2.75) is 19.5 Å². The van der Waals surface area contributed by atoms with Crippen LogP contribution in [0.25, 0.3) is 10.9 Å². The maximum Gasteiger partial charge on any atom is 0.261 e. The number of hydrogen-bond acceptors (Lipinski definition) is 3. The molecule has 32 heavy (non-hydrogen) atoms. The smallest absolute Gasteiger partial charge is 0.261 e. The molecule has 4 aromatic rings. The number of nitrogens with one attached hydrogen (secondary N) is 1. The largest absolute Gasteiger partial charge is 0.467 e. The van der Waals surface area contributed by atoms with Crippen molar-refractivity contribution < 1.29 is 9.21 Å². The Balaban J connectivity index is 1.56. The number of para-hydroxylation sites is 1. The molecule has 0 spiro atoms. The van der Waals surface area contributed by atoms with Crippen LogP contribution in [0.2, 0.25) is 10.0 Å². The van der Waals surface area contributed by atoms with E-state index in [1.807, 2.05) is 48.7 Å². The van der Waals surface area contributed by atoms with Gasteiger partial charge in [0, 0.05) is 33.7 Å². The summed E-state index contributed by atoms with van der Waals surface area (Å²) in [6.45, 7) is 0.807. The molecule has 1 amide bonds. The van der Waals surface area contributed by atoms with E-state index in [2.05, 4.69) is 9.88 Å². The quantitative estimate of drug-likeness (QED) is 0.274. The van der Waals surface area contributed by atoms with Crippen LogP contribution in [0.15, 0.2) is 83.1 Å². The molecule has 0 aliphatic heterocycles. The highest BCUT2D eigenvalue weighted by Gasteiger charge is 2.12. The molecular weight excluding hydrogens is 445 g/mol. The van der Waals surface area contributed by atoms with Gasteiger partial charge in [0.05, 0.1) is 12.8 Å². The summed E-state index contributed by atoms with van der Waals surface area (Å²) in [5, 5.41) is 14.4. The predicted octanol–water partition coefficient (Wildman–Crippen LogP) is 5.90. The van der Waals surface area contributed by atoms with Crippen molar-refractivity contribution >= 4 is 40.0 Å². The molecule has 2 heterocycles. The number of fused-ring (bicyclic) bond motifs is 1. The first-order chi connectivity index (χ1) is 15.5. The first kappa shape index (κ1) is 21.8. The normalized spacial score (nSPS) is 11.5. The Bertz CT molecular complexity index is 1330. The molecule has 2 aromatic carbocycles. The van der Waals surface area contributed by atoms with Gasteiger partial charge in [0.25, 0.3) is 5.91 Å². The summed E-state index contributed by atoms with van der Waals surface area (Å²) in [6, 6.07) is 19.0. The average Bonchev–Trinajstić information content (AvgIpc) is 3.43. The van der Waals surface area contributed by atoms with Gasteiger partial charge in [-0.25, -0.2) is 0 Å². The average molecular weight is 464 g/mol. The van der Waals surface area contributed by atoms with Crippen molar-refractivity contribution in [3.63, 3.8) is 0 Å². The molecule has 0 unspecified atom stereocenters. The second kappa shape index (κ2) is 9.78. The summed E-state index contributed by atoms with van der Waals surface area (Å²) in [6.07, 6.45) is 5.66. The Morgan fingerprint density at radius 2 is 1.97 bits per heavy atom. The minimum absolute atomic E-state index is 0.0640. The number of hydrogen-bond donors (Lipinski definition) is 1. The number of amides is 1. The van der Waals surface area contributed by atoms with Crippen LogP contribution in [-0.2, 0) is 24.3 Å². The van der Waals surface area contributed by atoms with E-state index in [1.165, 1.54) is 6.26 Å². The summed E-state index contributed by atoms with van der Waals surface area (Å²) in [5.74, 6) is 0.195. The van der Waals surface area contributed by atoms with Crippen molar-refractivity contribution in [3.8, 4) is 6.07 Å². The number of carbonyl (C=O) groups is 1. The van der Waals surface area contributed by atoms with E-state index in [1.54, 1.807) is 24.3 Å². The highest BCUT2D eigenvalue weighted by Crippen LogP contribution is 2.26. The van der Waals surface area contributed by atoms with Gasteiger partial charge in [-0.05, 0) is 47.9 Å². The van der Waals surface area contributed by atoms with Crippen molar-refractivity contribution in [2.24, 2.45) is 0 Å². The maximum absolute atomic E-state index is 12.4. The van der Waals surface area contributed by atoms with Crippen LogP contribution in [0.4, 0.5) is 0 Å². The number of rotatable bonds is 7. The van der Waals surface area contributed by atoms with Crippen LogP contribution >= 0.6 is 23.2 Å². The van der Waals surface area contributed by atoms with Gasteiger partial charge >= 0.3 is 0 Å². The summed E-state index contributed by atoms with van der Waals surface area (Å²) >= 11 is 12.4. The fourth-order valence-electron chi connectivity index (χ4n) is 3.53. The van der Waals surface area contributed by atoms with Crippen LogP contribution in [0.1, 0.15) is 16.9 Å². The van der Waals surface area contributed by atoms with Crippen LogP contribution in [0.5, 0.6) is 0 Å². The molecule has 2 aromatic heterocycles. The third kappa shape index (κ3) is 4.88. The lowest BCUT2D eigenvalue weighted by Gasteiger charge is -2.08. The topological polar surface area (TPSA) is 71.0 Å². The first-order valence-corrected chi connectivity index (χ1v) is 10.7. The molecule has 4 rings (SSSR count). The molecule has 0 atom stereocenters. The van der Waals surface area contributed by atoms with Crippen molar-refractivity contribution in [1.29, 1.82) is 5.26 Å². The molecule has 0 aliphatic carbocycles. The molecular formula is C25H19Cl2N3O2. The number of allylic oxidation sites excluding steroid dienone is 1. The highest BCUT2D eigenvalue weighted by molar-refractivity contribution is 6.35. The lowest BCUT2D eigenvalue weighted by molar-refractivity contribution is -0.117. The van der Waals surface area contributed by atoms with E-state index in [0.29, 0.717) is 28.8 Å². The van der Waals surface area contributed by atoms with E-state index < -0.39 is 5.91 Å². The Labute approximate surface area is 195 Å². The highest BCUT2D eigenvalue weighted by atomic mass is 35.5. The third-order valence-corrected chi connectivity index (χ3v) is 5.71. The second-order valence-electron chi connectivity index (χ2n) is 7.23. The molecule has 1 N–H and O–H groups in total. The molecule has 0 saturated heterocycles. The number of nitrogens with zero attached hydrogens (tertiary/aromatic N) is 2. The van der Waals surface area contributed by atoms with Gasteiger partial charge in [0.2, 0.25) is 0 Å². The number of carbonyl (C=O) groups excluding carboxylic acids is 1. The van der Waals surface area contributed by atoms with E-state index in [9.17, 15) is 10.1 Å². The summed E-state index contributed by atoms with van der Waals surface area (Å²) in [7, 11) is 0. The SMILES string of the molecule is N#C/C(=C\Cc1cn(Cc2ccc(Cl)cc2Cl)c2ccccc12)C(=O)NCc1ccco1. The van der Waals surface area contributed by atoms with E-state index >= 15 is 0 Å². The van der Waals surface area contributed by atoms with Crippen molar-refractivity contribution in [2.75, 3.05) is 0 Å². The molecule has 7 heteroatoms. The number of aromatic nitrogens is 1. The molecule has 0 aliphatic rings. The number of halogens is 2. The lowest BCUT2D eigenvalue weighted by atomic mass is 10.1. The minimum Gasteiger partial charge on any atom is -0.467 e. The van der Waals surface area contributed by atoms with Gasteiger partial charge in [-0.1, -0.05) is 53.5 Å². The number of benzene rings is 2. The molecule has 160 valence electrons. The minimum atomic E-state index is -0.430. The number of nitriles is 1. The van der Waals surface area contributed by atoms with Crippen molar-refractivity contribution in [3.05, 3.63) is 106 Å². The molecule has 0 saturated carbocycles. The zero-order valence-electron chi connectivity index (χ0n) is 17.0. The fraction of sp³-hybridized carbons (Fsp3) is 0.120. The van der Waals surface area contributed by atoms with Gasteiger partial charge in [-0.2, -0.15) is 5.26 Å². The van der Waals surface area contributed by atoms with Gasteiger partial charge in [-0.3, -0.25) is 4.79 Å². The second-order valence-corrected chi connectivity index (χ2v) is 8.07. The predicted molar refractivity (Wildman–Crippen MR) is 125 cm³/mol. The molecule has 0 radical (unpaired) electrons. The van der Waals surface area contributed by atoms with Gasteiger partial charge in [-0.15, -0.1) is 0 Å². The maximum atomic E-state index is 12.4. The molecule has 0 fully saturated rings. The monoisotopic (exact) mass is 463 g/mol. The van der Waals surface area contributed by atoms with E-state index in [-0.39, 0.29) is 12.1 Å². The van der Waals surface area contributed by atoms with Crippen LogP contribution in [-0.4, -0.2) is 10.5 Å². The Morgan fingerprint density at radius 3 is 2.72 bits per heavy atom. The molecule has 0 bridgehead atoms. The lowest BCUT2D eigenvalue weighted by Crippen LogP contribution is -2.23. The van der Waals surface area contributed by atoms with Gasteiger partial charge in [0.1, 0.15) is 17.4 Å². The van der Waals surface area contributed by atoms with E-state index in [4.69, 9.17) is 27.6 Å². The summed E-state index contributed by atoms with van der Waals surface area (Å²) in [5.41, 5.74) is 3.07. The van der Waals surface area contributed by atoms with Crippen molar-refractivity contribution in [1.82, 2.24) is 9.88 Å². The number of furan rings is 1. The summed E-state index contributed by atoms with van der Waals surface area (Å²) in [4.78, 5) is 12.4. The van der Waals surface area contributed by atoms with Gasteiger partial charge < -0.3 is 14.3 Å². The van der Waals surface area contributed by atoms with Crippen LogP contribution in [0, 0.1) is 11.3 Å². The van der Waals surface area contributed by atoms with Crippen LogP contribution in [0.3, 0.4) is 0 Å².